The summed E-state index contributed by atoms with van der Waals surface area (Å²) >= 11 is 1.38. The fourth-order valence-electron chi connectivity index (χ4n) is 2.13. The number of likely N-dealkylation sites (N-methyl/N-ethyl adjacent to an activating group) is 1. The van der Waals surface area contributed by atoms with Crippen molar-refractivity contribution in [2.45, 2.75) is 30.3 Å². The summed E-state index contributed by atoms with van der Waals surface area (Å²) in [6, 6.07) is 1.96. The first-order valence-corrected chi connectivity index (χ1v) is 8.36. The molecule has 0 aromatic carbocycles. The highest BCUT2D eigenvalue weighted by Gasteiger charge is 2.23. The summed E-state index contributed by atoms with van der Waals surface area (Å²) in [5.41, 5.74) is 5.49. The van der Waals surface area contributed by atoms with Gasteiger partial charge < -0.3 is 10.6 Å². The van der Waals surface area contributed by atoms with Crippen LogP contribution in [-0.2, 0) is 16.6 Å². The van der Waals surface area contributed by atoms with Crippen LogP contribution in [0.3, 0.4) is 0 Å². The van der Waals surface area contributed by atoms with E-state index in [1.807, 2.05) is 7.05 Å². The van der Waals surface area contributed by atoms with Gasteiger partial charge in [0.2, 0.25) is 10.0 Å². The van der Waals surface area contributed by atoms with Gasteiger partial charge in [-0.2, -0.15) is 0 Å². The van der Waals surface area contributed by atoms with E-state index in [-0.39, 0.29) is 0 Å². The molecule has 1 aliphatic rings. The van der Waals surface area contributed by atoms with E-state index in [0.717, 1.165) is 24.3 Å². The van der Waals surface area contributed by atoms with Gasteiger partial charge in [-0.05, 0) is 32.5 Å². The minimum absolute atomic E-state index is 0.312. The maximum atomic E-state index is 12.1. The molecule has 0 spiro atoms. The van der Waals surface area contributed by atoms with Gasteiger partial charge in [0.1, 0.15) is 0 Å². The molecule has 1 unspecified atom stereocenters. The lowest BCUT2D eigenvalue weighted by Gasteiger charge is -2.19. The minimum atomic E-state index is -3.38. The van der Waals surface area contributed by atoms with Crippen molar-refractivity contribution < 1.29 is 8.42 Å². The van der Waals surface area contributed by atoms with E-state index in [4.69, 9.17) is 5.73 Å². The molecule has 3 N–H and O–H groups in total. The zero-order valence-electron chi connectivity index (χ0n) is 10.4. The van der Waals surface area contributed by atoms with E-state index in [1.165, 1.54) is 11.3 Å². The molecule has 0 radical (unpaired) electrons. The molecule has 7 heteroatoms. The number of nitrogens with one attached hydrogen (secondary N) is 1. The van der Waals surface area contributed by atoms with Crippen molar-refractivity contribution in [3.05, 3.63) is 16.3 Å². The number of rotatable bonds is 5. The largest absolute Gasteiger partial charge is 0.326 e. The smallest absolute Gasteiger partial charge is 0.241 e. The second-order valence-corrected chi connectivity index (χ2v) is 7.34. The zero-order chi connectivity index (χ0) is 13.2. The van der Waals surface area contributed by atoms with Crippen LogP contribution >= 0.6 is 11.3 Å². The van der Waals surface area contributed by atoms with Crippen molar-refractivity contribution >= 4 is 21.4 Å². The predicted molar refractivity (Wildman–Crippen MR) is 73.1 cm³/mol. The van der Waals surface area contributed by atoms with E-state index in [2.05, 4.69) is 9.62 Å². The van der Waals surface area contributed by atoms with Crippen LogP contribution in [0, 0.1) is 0 Å². The van der Waals surface area contributed by atoms with Gasteiger partial charge in [0.15, 0.2) is 0 Å². The van der Waals surface area contributed by atoms with Crippen molar-refractivity contribution in [1.29, 1.82) is 0 Å². The Balaban J connectivity index is 1.98. The molecule has 0 aliphatic carbocycles. The molecular weight excluding hydrogens is 270 g/mol. The molecular formula is C11H19N3O2S2. The number of hydrogen-bond acceptors (Lipinski definition) is 5. The van der Waals surface area contributed by atoms with E-state index in [9.17, 15) is 8.42 Å². The molecule has 0 saturated carbocycles. The quantitative estimate of drug-likeness (QED) is 0.831. The van der Waals surface area contributed by atoms with Crippen LogP contribution in [0.2, 0.25) is 0 Å². The van der Waals surface area contributed by atoms with Crippen molar-refractivity contribution in [2.24, 2.45) is 5.73 Å². The first-order chi connectivity index (χ1) is 8.53. The highest BCUT2D eigenvalue weighted by molar-refractivity contribution is 7.89. The lowest BCUT2D eigenvalue weighted by atomic mass is 10.2. The van der Waals surface area contributed by atoms with Crippen molar-refractivity contribution in [3.8, 4) is 0 Å². The van der Waals surface area contributed by atoms with Gasteiger partial charge >= 0.3 is 0 Å². The summed E-state index contributed by atoms with van der Waals surface area (Å²) in [7, 11) is -1.35. The fraction of sp³-hybridized carbons (Fsp3) is 0.636. The summed E-state index contributed by atoms with van der Waals surface area (Å²) in [4.78, 5) is 3.41. The topological polar surface area (TPSA) is 75.4 Å². The van der Waals surface area contributed by atoms with Crippen LogP contribution in [0.15, 0.2) is 16.3 Å². The zero-order valence-corrected chi connectivity index (χ0v) is 12.1. The molecule has 1 aliphatic heterocycles. The third kappa shape index (κ3) is 3.10. The first kappa shape index (κ1) is 14.0. The lowest BCUT2D eigenvalue weighted by Crippen LogP contribution is -2.38. The monoisotopic (exact) mass is 289 g/mol. The molecule has 102 valence electrons. The molecule has 0 amide bonds. The molecule has 0 bridgehead atoms. The molecule has 1 atom stereocenters. The molecule has 2 heterocycles. The Morgan fingerprint density at radius 1 is 1.61 bits per heavy atom. The Hall–Kier alpha value is -0.470. The van der Waals surface area contributed by atoms with Crippen molar-refractivity contribution in [3.63, 3.8) is 0 Å². The number of nitrogens with zero attached hydrogens (tertiary/aromatic N) is 1. The summed E-state index contributed by atoms with van der Waals surface area (Å²) in [6.45, 7) is 1.90. The van der Waals surface area contributed by atoms with Crippen LogP contribution in [0.1, 0.15) is 17.7 Å². The van der Waals surface area contributed by atoms with Gasteiger partial charge in [0.25, 0.3) is 0 Å². The van der Waals surface area contributed by atoms with E-state index in [1.54, 1.807) is 11.4 Å². The van der Waals surface area contributed by atoms with Gasteiger partial charge in [-0.3, -0.25) is 0 Å². The third-order valence-electron chi connectivity index (χ3n) is 3.32. The average molecular weight is 289 g/mol. The molecule has 5 nitrogen and oxygen atoms in total. The Morgan fingerprint density at radius 2 is 2.39 bits per heavy atom. The lowest BCUT2D eigenvalue weighted by molar-refractivity contribution is 0.311. The summed E-state index contributed by atoms with van der Waals surface area (Å²) in [6.07, 6.45) is 2.19. The first-order valence-electron chi connectivity index (χ1n) is 6.00. The van der Waals surface area contributed by atoms with Crippen LogP contribution in [0.4, 0.5) is 0 Å². The highest BCUT2D eigenvalue weighted by atomic mass is 32.2. The Kier molecular flexibility index (Phi) is 4.39. The standard InChI is InChI=1S/C11H19N3O2S2/c1-14-4-2-3-9(14)7-13-18(15,16)11-5-10(6-12)17-8-11/h5,8-9,13H,2-4,6-7,12H2,1H3. The van der Waals surface area contributed by atoms with Crippen LogP contribution < -0.4 is 10.5 Å². The number of likely N-dealkylation sites (tertiary alicyclic amines) is 1. The van der Waals surface area contributed by atoms with Crippen molar-refractivity contribution in [2.75, 3.05) is 20.1 Å². The number of thiophene rings is 1. The minimum Gasteiger partial charge on any atom is -0.326 e. The molecule has 18 heavy (non-hydrogen) atoms. The summed E-state index contributed by atoms with van der Waals surface area (Å²) < 4.78 is 26.8. The number of hydrogen-bond donors (Lipinski definition) is 2. The highest BCUT2D eigenvalue weighted by Crippen LogP contribution is 2.19. The van der Waals surface area contributed by atoms with Gasteiger partial charge in [0, 0.05) is 29.4 Å². The number of sulfonamides is 1. The normalized spacial score (nSPS) is 21.6. The molecule has 1 saturated heterocycles. The molecule has 1 fully saturated rings. The Morgan fingerprint density at radius 3 is 2.94 bits per heavy atom. The molecule has 1 aromatic rings. The third-order valence-corrected chi connectivity index (χ3v) is 5.83. The van der Waals surface area contributed by atoms with Gasteiger partial charge in [-0.15, -0.1) is 11.3 Å². The Bertz CT molecular complexity index is 498. The number of nitrogens with two attached hydrogens (primary N) is 1. The SMILES string of the molecule is CN1CCCC1CNS(=O)(=O)c1csc(CN)c1. The fourth-order valence-corrected chi connectivity index (χ4v) is 4.36. The maximum absolute atomic E-state index is 12.1. The Labute approximate surface area is 112 Å². The summed E-state index contributed by atoms with van der Waals surface area (Å²) in [5, 5.41) is 1.64. The van der Waals surface area contributed by atoms with Gasteiger partial charge in [-0.1, -0.05) is 0 Å². The predicted octanol–water partition coefficient (Wildman–Crippen LogP) is 0.579. The van der Waals surface area contributed by atoms with Crippen LogP contribution in [0.5, 0.6) is 0 Å². The summed E-state index contributed by atoms with van der Waals surface area (Å²) in [5.74, 6) is 0. The van der Waals surface area contributed by atoms with Gasteiger partial charge in [0.05, 0.1) is 4.90 Å². The van der Waals surface area contributed by atoms with Crippen molar-refractivity contribution in [1.82, 2.24) is 9.62 Å². The van der Waals surface area contributed by atoms with E-state index >= 15 is 0 Å². The molecule has 2 rings (SSSR count). The van der Waals surface area contributed by atoms with E-state index < -0.39 is 10.0 Å². The van der Waals surface area contributed by atoms with E-state index in [0.29, 0.717) is 24.0 Å². The maximum Gasteiger partial charge on any atom is 0.241 e. The molecule has 1 aromatic heterocycles. The second-order valence-electron chi connectivity index (χ2n) is 4.58. The average Bonchev–Trinajstić information content (AvgIpc) is 2.95. The van der Waals surface area contributed by atoms with Gasteiger partial charge in [-0.25, -0.2) is 13.1 Å². The van der Waals surface area contributed by atoms with Crippen LogP contribution in [0.25, 0.3) is 0 Å². The second kappa shape index (κ2) is 5.66. The van der Waals surface area contributed by atoms with Crippen LogP contribution in [-0.4, -0.2) is 39.5 Å².